The zero-order chi connectivity index (χ0) is 17.2. The Balaban J connectivity index is 0. The summed E-state index contributed by atoms with van der Waals surface area (Å²) in [5.41, 5.74) is 0. The van der Waals surface area contributed by atoms with E-state index in [1.54, 1.807) is 6.92 Å². The molecular formula is C12H23F6IN4. The molecule has 0 radical (unpaired) electrons. The second-order valence-corrected chi connectivity index (χ2v) is 4.76. The molecule has 0 bridgehead atoms. The largest absolute Gasteiger partial charge is 0.401 e. The van der Waals surface area contributed by atoms with Gasteiger partial charge in [-0.1, -0.05) is 0 Å². The van der Waals surface area contributed by atoms with Crippen molar-refractivity contribution >= 4 is 29.9 Å². The van der Waals surface area contributed by atoms with E-state index < -0.39 is 25.3 Å². The standard InChI is InChI=1S/C12H22F6N4.HI/c1-3-19-10(21-7-5-11(13,14)15)20-6-4-8-22(2)9-12(16,17)18;/h3-9H2,1-2H3,(H2,19,20,21);1H. The van der Waals surface area contributed by atoms with Gasteiger partial charge in [0.05, 0.1) is 13.0 Å². The van der Waals surface area contributed by atoms with Crippen LogP contribution in [0.5, 0.6) is 0 Å². The van der Waals surface area contributed by atoms with Crippen molar-refractivity contribution in [3.63, 3.8) is 0 Å². The molecule has 0 saturated carbocycles. The number of nitrogens with one attached hydrogen (secondary N) is 2. The molecule has 0 heterocycles. The van der Waals surface area contributed by atoms with E-state index in [9.17, 15) is 26.3 Å². The number of alkyl halides is 6. The van der Waals surface area contributed by atoms with Gasteiger partial charge in [0.2, 0.25) is 0 Å². The highest BCUT2D eigenvalue weighted by Crippen LogP contribution is 2.18. The zero-order valence-electron chi connectivity index (χ0n) is 13.0. The van der Waals surface area contributed by atoms with Gasteiger partial charge in [-0.25, -0.2) is 0 Å². The lowest BCUT2D eigenvalue weighted by atomic mass is 10.4. The lowest BCUT2D eigenvalue weighted by Crippen LogP contribution is -2.39. The summed E-state index contributed by atoms with van der Waals surface area (Å²) >= 11 is 0. The van der Waals surface area contributed by atoms with Gasteiger partial charge in [0.1, 0.15) is 0 Å². The highest BCUT2D eigenvalue weighted by atomic mass is 127. The number of rotatable bonds is 8. The van der Waals surface area contributed by atoms with Gasteiger partial charge in [-0.05, 0) is 26.9 Å². The first-order valence-corrected chi connectivity index (χ1v) is 6.87. The second-order valence-electron chi connectivity index (χ2n) is 4.76. The number of guanidine groups is 1. The summed E-state index contributed by atoms with van der Waals surface area (Å²) in [6, 6.07) is 0. The van der Waals surface area contributed by atoms with Gasteiger partial charge in [0.25, 0.3) is 0 Å². The molecule has 11 heteroatoms. The van der Waals surface area contributed by atoms with Crippen LogP contribution in [0.3, 0.4) is 0 Å². The molecule has 0 spiro atoms. The fourth-order valence-corrected chi connectivity index (χ4v) is 1.58. The van der Waals surface area contributed by atoms with Crippen molar-refractivity contribution in [2.45, 2.75) is 32.1 Å². The third-order valence-electron chi connectivity index (χ3n) is 2.46. The van der Waals surface area contributed by atoms with Crippen molar-refractivity contribution in [1.29, 1.82) is 0 Å². The highest BCUT2D eigenvalue weighted by Gasteiger charge is 2.28. The van der Waals surface area contributed by atoms with Gasteiger partial charge >= 0.3 is 12.4 Å². The summed E-state index contributed by atoms with van der Waals surface area (Å²) < 4.78 is 72.4. The number of halogens is 7. The average molecular weight is 464 g/mol. The molecule has 0 fully saturated rings. The minimum atomic E-state index is -4.25. The Kier molecular flexibility index (Phi) is 12.9. The maximum absolute atomic E-state index is 12.1. The quantitative estimate of drug-likeness (QED) is 0.191. The molecule has 140 valence electrons. The second kappa shape index (κ2) is 12.0. The number of aliphatic imine (C=N–C) groups is 1. The van der Waals surface area contributed by atoms with Crippen molar-refractivity contribution in [2.75, 3.05) is 39.8 Å². The molecule has 0 unspecified atom stereocenters. The smallest absolute Gasteiger partial charge is 0.357 e. The summed E-state index contributed by atoms with van der Waals surface area (Å²) in [5.74, 6) is 0.227. The van der Waals surface area contributed by atoms with E-state index in [1.807, 2.05) is 0 Å². The van der Waals surface area contributed by atoms with Crippen LogP contribution in [-0.4, -0.2) is 63.0 Å². The first kappa shape index (κ1) is 24.8. The number of hydrogen-bond acceptors (Lipinski definition) is 2. The molecule has 2 N–H and O–H groups in total. The highest BCUT2D eigenvalue weighted by molar-refractivity contribution is 14.0. The average Bonchev–Trinajstić information content (AvgIpc) is 2.30. The van der Waals surface area contributed by atoms with Crippen LogP contribution in [-0.2, 0) is 0 Å². The molecule has 0 aromatic rings. The Hall–Kier alpha value is -0.460. The molecule has 0 aliphatic heterocycles. The lowest BCUT2D eigenvalue weighted by Gasteiger charge is -2.18. The summed E-state index contributed by atoms with van der Waals surface area (Å²) in [6.45, 7) is 1.36. The third-order valence-corrected chi connectivity index (χ3v) is 2.46. The molecule has 0 rings (SSSR count). The topological polar surface area (TPSA) is 39.7 Å². The van der Waals surface area contributed by atoms with Crippen LogP contribution in [0.1, 0.15) is 19.8 Å². The molecule has 0 aliphatic rings. The van der Waals surface area contributed by atoms with Crippen LogP contribution < -0.4 is 10.6 Å². The molecule has 0 amide bonds. The Bertz CT molecular complexity index is 332. The lowest BCUT2D eigenvalue weighted by molar-refractivity contribution is -0.143. The van der Waals surface area contributed by atoms with Crippen molar-refractivity contribution < 1.29 is 26.3 Å². The maximum atomic E-state index is 12.1. The van der Waals surface area contributed by atoms with E-state index in [4.69, 9.17) is 0 Å². The van der Waals surface area contributed by atoms with E-state index in [2.05, 4.69) is 15.6 Å². The molecule has 0 atom stereocenters. The Morgan fingerprint density at radius 1 is 1.04 bits per heavy atom. The summed E-state index contributed by atoms with van der Waals surface area (Å²) in [6.07, 6.45) is -9.09. The van der Waals surface area contributed by atoms with E-state index >= 15 is 0 Å². The molecule has 4 nitrogen and oxygen atoms in total. The van der Waals surface area contributed by atoms with Gasteiger partial charge < -0.3 is 10.6 Å². The predicted octanol–water partition coefficient (Wildman–Crippen LogP) is 3.00. The van der Waals surface area contributed by atoms with Gasteiger partial charge in [-0.2, -0.15) is 26.3 Å². The maximum Gasteiger partial charge on any atom is 0.401 e. The number of nitrogens with zero attached hydrogens (tertiary/aromatic N) is 2. The molecule has 0 aromatic carbocycles. The Labute approximate surface area is 149 Å². The predicted molar refractivity (Wildman–Crippen MR) is 88.2 cm³/mol. The van der Waals surface area contributed by atoms with Crippen molar-refractivity contribution in [3.8, 4) is 0 Å². The van der Waals surface area contributed by atoms with Crippen LogP contribution in [0.25, 0.3) is 0 Å². The van der Waals surface area contributed by atoms with Gasteiger partial charge in [-0.3, -0.25) is 9.89 Å². The van der Waals surface area contributed by atoms with Crippen molar-refractivity contribution in [3.05, 3.63) is 0 Å². The fraction of sp³-hybridized carbons (Fsp3) is 0.917. The van der Waals surface area contributed by atoms with Crippen molar-refractivity contribution in [1.82, 2.24) is 15.5 Å². The van der Waals surface area contributed by atoms with Crippen LogP contribution in [0.2, 0.25) is 0 Å². The van der Waals surface area contributed by atoms with Gasteiger partial charge in [-0.15, -0.1) is 24.0 Å². The van der Waals surface area contributed by atoms with E-state index in [-0.39, 0.29) is 49.6 Å². The van der Waals surface area contributed by atoms with E-state index in [0.29, 0.717) is 13.0 Å². The minimum absolute atomic E-state index is 0. The molecule has 23 heavy (non-hydrogen) atoms. The zero-order valence-corrected chi connectivity index (χ0v) is 15.4. The Morgan fingerprint density at radius 2 is 1.65 bits per heavy atom. The van der Waals surface area contributed by atoms with Crippen LogP contribution in [0.4, 0.5) is 26.3 Å². The fourth-order valence-electron chi connectivity index (χ4n) is 1.58. The van der Waals surface area contributed by atoms with E-state index in [1.165, 1.54) is 7.05 Å². The monoisotopic (exact) mass is 464 g/mol. The molecule has 0 saturated heterocycles. The normalized spacial score (nSPS) is 13.0. The van der Waals surface area contributed by atoms with Crippen molar-refractivity contribution in [2.24, 2.45) is 4.99 Å². The summed E-state index contributed by atoms with van der Waals surface area (Å²) in [7, 11) is 1.35. The summed E-state index contributed by atoms with van der Waals surface area (Å²) in [5, 5.41) is 5.30. The van der Waals surface area contributed by atoms with Crippen LogP contribution in [0.15, 0.2) is 4.99 Å². The minimum Gasteiger partial charge on any atom is -0.357 e. The van der Waals surface area contributed by atoms with Gasteiger partial charge in [0.15, 0.2) is 5.96 Å². The molecular weight excluding hydrogens is 441 g/mol. The molecule has 0 aromatic heterocycles. The number of hydrogen-bond donors (Lipinski definition) is 2. The van der Waals surface area contributed by atoms with Crippen LogP contribution >= 0.6 is 24.0 Å². The van der Waals surface area contributed by atoms with Gasteiger partial charge in [0, 0.05) is 19.6 Å². The van der Waals surface area contributed by atoms with E-state index in [0.717, 1.165) is 4.90 Å². The SMILES string of the molecule is CCNC(=NCCCN(C)CC(F)(F)F)NCCC(F)(F)F.I. The first-order chi connectivity index (χ1) is 10.0. The third kappa shape index (κ3) is 17.7. The first-order valence-electron chi connectivity index (χ1n) is 6.87. The summed E-state index contributed by atoms with van der Waals surface area (Å²) in [4.78, 5) is 5.15. The molecule has 0 aliphatic carbocycles. The Morgan fingerprint density at radius 3 is 2.13 bits per heavy atom. The van der Waals surface area contributed by atoms with Crippen LogP contribution in [0, 0.1) is 0 Å².